The van der Waals surface area contributed by atoms with Crippen LogP contribution in [0.1, 0.15) is 11.6 Å². The molecule has 0 bridgehead atoms. The van der Waals surface area contributed by atoms with Gasteiger partial charge in [0.05, 0.1) is 29.4 Å². The molecule has 2 saturated heterocycles. The number of hydrogen-bond acceptors (Lipinski definition) is 7. The highest BCUT2D eigenvalue weighted by atomic mass is 16.7. The number of nitro groups is 1. The summed E-state index contributed by atoms with van der Waals surface area (Å²) >= 11 is 0. The summed E-state index contributed by atoms with van der Waals surface area (Å²) in [6.07, 6.45) is -1.01. The highest BCUT2D eigenvalue weighted by molar-refractivity contribution is 6.23. The highest BCUT2D eigenvalue weighted by Gasteiger charge is 2.60. The third kappa shape index (κ3) is 3.39. The fourth-order valence-electron chi connectivity index (χ4n) is 4.33. The molecule has 2 fully saturated rings. The number of methoxy groups -OCH3 is 1. The minimum absolute atomic E-state index is 0.0610. The Morgan fingerprint density at radius 2 is 1.55 bits per heavy atom. The van der Waals surface area contributed by atoms with Gasteiger partial charge >= 0.3 is 0 Å². The maximum atomic E-state index is 13.5. The van der Waals surface area contributed by atoms with E-state index in [1.54, 1.807) is 41.5 Å². The molecule has 9 nitrogen and oxygen atoms in total. The quantitative estimate of drug-likeness (QED) is 0.336. The van der Waals surface area contributed by atoms with Crippen LogP contribution >= 0.6 is 0 Å². The smallest absolute Gasteiger partial charge is 0.269 e. The van der Waals surface area contributed by atoms with Gasteiger partial charge in [0.15, 0.2) is 6.10 Å². The predicted octanol–water partition coefficient (Wildman–Crippen LogP) is 3.65. The Morgan fingerprint density at radius 1 is 0.879 bits per heavy atom. The summed E-state index contributed by atoms with van der Waals surface area (Å²) in [7, 11) is 1.53. The molecule has 3 atom stereocenters. The molecule has 2 aliphatic rings. The molecule has 0 N–H and O–H groups in total. The number of rotatable bonds is 5. The van der Waals surface area contributed by atoms with Crippen LogP contribution in [0.2, 0.25) is 0 Å². The van der Waals surface area contributed by atoms with E-state index in [1.807, 2.05) is 30.3 Å². The Morgan fingerprint density at radius 3 is 2.15 bits per heavy atom. The number of carbonyl (C=O) groups is 2. The summed E-state index contributed by atoms with van der Waals surface area (Å²) in [6.45, 7) is 0. The van der Waals surface area contributed by atoms with Gasteiger partial charge in [-0.3, -0.25) is 24.5 Å². The molecule has 3 aromatic rings. The van der Waals surface area contributed by atoms with Crippen LogP contribution in [0.15, 0.2) is 78.9 Å². The number of benzene rings is 3. The first-order valence-corrected chi connectivity index (χ1v) is 10.3. The van der Waals surface area contributed by atoms with Crippen LogP contribution in [0, 0.1) is 16.0 Å². The van der Waals surface area contributed by atoms with E-state index in [1.165, 1.54) is 19.2 Å². The van der Waals surface area contributed by atoms with E-state index in [0.29, 0.717) is 22.7 Å². The molecule has 2 heterocycles. The summed E-state index contributed by atoms with van der Waals surface area (Å²) in [4.78, 5) is 44.6. The van der Waals surface area contributed by atoms with E-state index >= 15 is 0 Å². The number of nitro benzene ring substituents is 1. The van der Waals surface area contributed by atoms with Gasteiger partial charge in [0.2, 0.25) is 5.91 Å². The first kappa shape index (κ1) is 20.7. The summed E-state index contributed by atoms with van der Waals surface area (Å²) in [5.74, 6) is -1.06. The van der Waals surface area contributed by atoms with Crippen molar-refractivity contribution in [3.8, 4) is 5.75 Å². The fourth-order valence-corrected chi connectivity index (χ4v) is 4.33. The number of amides is 2. The summed E-state index contributed by atoms with van der Waals surface area (Å²) in [5, 5.41) is 12.7. The van der Waals surface area contributed by atoms with Crippen LogP contribution in [0.4, 0.5) is 17.1 Å². The lowest BCUT2D eigenvalue weighted by Crippen LogP contribution is -2.37. The topological polar surface area (TPSA) is 102 Å². The van der Waals surface area contributed by atoms with Crippen LogP contribution in [0.3, 0.4) is 0 Å². The normalized spacial score (nSPS) is 21.9. The molecule has 0 aliphatic carbocycles. The molecule has 0 spiro atoms. The average Bonchev–Trinajstić information content (AvgIpc) is 3.36. The zero-order chi connectivity index (χ0) is 23.1. The maximum absolute atomic E-state index is 13.5. The summed E-state index contributed by atoms with van der Waals surface area (Å²) < 4.78 is 5.16. The second-order valence-corrected chi connectivity index (χ2v) is 7.72. The second kappa shape index (κ2) is 8.03. The van der Waals surface area contributed by atoms with Crippen LogP contribution in [0.25, 0.3) is 0 Å². The number of carbonyl (C=O) groups excluding carboxylic acids is 2. The van der Waals surface area contributed by atoms with Crippen molar-refractivity contribution in [1.82, 2.24) is 0 Å². The molecular weight excluding hydrogens is 426 g/mol. The van der Waals surface area contributed by atoms with Gasteiger partial charge in [-0.15, -0.1) is 0 Å². The van der Waals surface area contributed by atoms with Gasteiger partial charge in [-0.1, -0.05) is 30.3 Å². The van der Waals surface area contributed by atoms with E-state index < -0.39 is 34.8 Å². The second-order valence-electron chi connectivity index (χ2n) is 7.72. The van der Waals surface area contributed by atoms with Crippen molar-refractivity contribution in [2.24, 2.45) is 5.92 Å². The summed E-state index contributed by atoms with van der Waals surface area (Å²) in [5.41, 5.74) is 1.67. The molecule has 166 valence electrons. The molecule has 33 heavy (non-hydrogen) atoms. The largest absolute Gasteiger partial charge is 0.497 e. The van der Waals surface area contributed by atoms with E-state index in [9.17, 15) is 19.7 Å². The van der Waals surface area contributed by atoms with Crippen LogP contribution < -0.4 is 14.7 Å². The molecule has 2 amide bonds. The summed E-state index contributed by atoms with van der Waals surface area (Å²) in [6, 6.07) is 21.1. The average molecular weight is 445 g/mol. The molecular formula is C24H19N3O6. The Hall–Kier alpha value is -4.24. The third-order valence-corrected chi connectivity index (χ3v) is 5.90. The predicted molar refractivity (Wildman–Crippen MR) is 119 cm³/mol. The molecule has 2 aliphatic heterocycles. The van der Waals surface area contributed by atoms with E-state index in [-0.39, 0.29) is 5.69 Å². The Labute approximate surface area is 188 Å². The van der Waals surface area contributed by atoms with Crippen molar-refractivity contribution < 1.29 is 24.1 Å². The molecule has 0 aromatic heterocycles. The number of fused-ring (bicyclic) bond motifs is 1. The van der Waals surface area contributed by atoms with Gasteiger partial charge in [0.25, 0.3) is 11.6 Å². The minimum Gasteiger partial charge on any atom is -0.497 e. The van der Waals surface area contributed by atoms with Crippen molar-refractivity contribution in [3.05, 3.63) is 94.5 Å². The Kier molecular flexibility index (Phi) is 5.02. The fraction of sp³-hybridized carbons (Fsp3) is 0.167. The zero-order valence-electron chi connectivity index (χ0n) is 17.5. The number of para-hydroxylation sites is 1. The molecule has 3 unspecified atom stereocenters. The molecule has 0 radical (unpaired) electrons. The SMILES string of the molecule is COc1ccc(N2C(=O)C3ON(c4ccccc4)C(c4ccc([N+](=O)[O-])cc4)C3C2=O)cc1. The van der Waals surface area contributed by atoms with Crippen LogP contribution in [-0.2, 0) is 14.4 Å². The van der Waals surface area contributed by atoms with E-state index in [0.717, 1.165) is 4.90 Å². The van der Waals surface area contributed by atoms with Crippen molar-refractivity contribution in [3.63, 3.8) is 0 Å². The number of anilines is 2. The van der Waals surface area contributed by atoms with E-state index in [4.69, 9.17) is 9.57 Å². The maximum Gasteiger partial charge on any atom is 0.269 e. The van der Waals surface area contributed by atoms with Crippen LogP contribution in [0.5, 0.6) is 5.75 Å². The lowest BCUT2D eigenvalue weighted by Gasteiger charge is -2.28. The Bertz CT molecular complexity index is 1210. The minimum atomic E-state index is -1.01. The standard InChI is InChI=1S/C24H19N3O6/c1-32-19-13-11-16(12-14-19)25-23(28)20-21(15-7-9-18(10-8-15)27(30)31)26(33-22(20)24(25)29)17-5-3-2-4-6-17/h2-14,20-22H,1H3. The molecule has 0 saturated carbocycles. The number of non-ortho nitro benzene ring substituents is 1. The number of nitrogens with zero attached hydrogens (tertiary/aromatic N) is 3. The van der Waals surface area contributed by atoms with Gasteiger partial charge in [-0.05, 0) is 42.0 Å². The van der Waals surface area contributed by atoms with Crippen molar-refractivity contribution in [2.45, 2.75) is 12.1 Å². The number of hydrogen-bond donors (Lipinski definition) is 0. The number of hydroxylamine groups is 1. The van der Waals surface area contributed by atoms with Gasteiger partial charge in [-0.2, -0.15) is 0 Å². The Balaban J connectivity index is 1.55. The monoisotopic (exact) mass is 445 g/mol. The highest BCUT2D eigenvalue weighted by Crippen LogP contribution is 2.47. The first-order valence-electron chi connectivity index (χ1n) is 10.3. The lowest BCUT2D eigenvalue weighted by atomic mass is 9.90. The molecule has 9 heteroatoms. The molecule has 5 rings (SSSR count). The number of ether oxygens (including phenoxy) is 1. The van der Waals surface area contributed by atoms with Gasteiger partial charge < -0.3 is 4.74 Å². The molecule has 3 aromatic carbocycles. The van der Waals surface area contributed by atoms with Gasteiger partial charge in [0.1, 0.15) is 11.7 Å². The van der Waals surface area contributed by atoms with Crippen LogP contribution in [-0.4, -0.2) is 30.0 Å². The van der Waals surface area contributed by atoms with Gasteiger partial charge in [-0.25, -0.2) is 9.96 Å². The lowest BCUT2D eigenvalue weighted by molar-refractivity contribution is -0.384. The van der Waals surface area contributed by atoms with Crippen molar-refractivity contribution in [2.75, 3.05) is 17.1 Å². The van der Waals surface area contributed by atoms with Gasteiger partial charge in [0, 0.05) is 12.1 Å². The number of imide groups is 1. The third-order valence-electron chi connectivity index (χ3n) is 5.90. The zero-order valence-corrected chi connectivity index (χ0v) is 17.5. The first-order chi connectivity index (χ1) is 16.0. The van der Waals surface area contributed by atoms with E-state index in [2.05, 4.69) is 0 Å². The van der Waals surface area contributed by atoms with Crippen molar-refractivity contribution >= 4 is 28.9 Å². The van der Waals surface area contributed by atoms with Crippen molar-refractivity contribution in [1.29, 1.82) is 0 Å².